The molecule has 130 valence electrons. The number of rotatable bonds is 7. The second-order valence-electron chi connectivity index (χ2n) is 5.67. The van der Waals surface area contributed by atoms with E-state index in [9.17, 15) is 0 Å². The van der Waals surface area contributed by atoms with Crippen molar-refractivity contribution in [1.82, 2.24) is 4.98 Å². The van der Waals surface area contributed by atoms with E-state index >= 15 is 0 Å². The van der Waals surface area contributed by atoms with Crippen LogP contribution in [0.2, 0.25) is 0 Å². The highest BCUT2D eigenvalue weighted by Gasteiger charge is 2.06. The van der Waals surface area contributed by atoms with Crippen LogP contribution in [-0.2, 0) is 0 Å². The zero-order valence-electron chi connectivity index (χ0n) is 14.2. The number of nitrogens with zero attached hydrogens (tertiary/aromatic N) is 1. The fourth-order valence-corrected chi connectivity index (χ4v) is 2.45. The fraction of sp³-hybridized carbons (Fsp3) is 0.250. The molecule has 0 saturated heterocycles. The number of hydrogen-bond acceptors (Lipinski definition) is 4. The predicted molar refractivity (Wildman–Crippen MR) is 101 cm³/mol. The van der Waals surface area contributed by atoms with E-state index in [1.54, 1.807) is 7.11 Å². The van der Waals surface area contributed by atoms with Gasteiger partial charge in [-0.05, 0) is 37.6 Å². The molecule has 3 rings (SSSR count). The molecule has 1 heterocycles. The number of halogens is 1. The van der Waals surface area contributed by atoms with Gasteiger partial charge < -0.3 is 13.9 Å². The number of alkyl halides is 1. The smallest absolute Gasteiger partial charge is 0.220 e. The maximum absolute atomic E-state index is 5.96. The van der Waals surface area contributed by atoms with E-state index in [4.69, 9.17) is 25.5 Å². The quantitative estimate of drug-likeness (QED) is 0.531. The van der Waals surface area contributed by atoms with Gasteiger partial charge in [0.1, 0.15) is 17.0 Å². The predicted octanol–water partition coefficient (Wildman–Crippen LogP) is 5.40. The van der Waals surface area contributed by atoms with Gasteiger partial charge in [0, 0.05) is 23.1 Å². The average Bonchev–Trinajstić information content (AvgIpc) is 3.02. The second-order valence-corrected chi connectivity index (χ2v) is 6.42. The highest BCUT2D eigenvalue weighted by atomic mass is 35.5. The number of para-hydroxylation sites is 1. The molecule has 25 heavy (non-hydrogen) atoms. The van der Waals surface area contributed by atoms with Gasteiger partial charge in [0.05, 0.1) is 13.7 Å². The first-order valence-corrected chi connectivity index (χ1v) is 8.58. The van der Waals surface area contributed by atoms with Crippen LogP contribution in [0.1, 0.15) is 24.8 Å². The Morgan fingerprint density at radius 2 is 2.04 bits per heavy atom. The van der Waals surface area contributed by atoms with Gasteiger partial charge in [-0.3, -0.25) is 0 Å². The lowest BCUT2D eigenvalue weighted by molar-refractivity contribution is 0.310. The minimum Gasteiger partial charge on any atom is -0.497 e. The Bertz CT molecular complexity index is 870. The summed E-state index contributed by atoms with van der Waals surface area (Å²) in [6, 6.07) is 13.4. The first-order valence-electron chi connectivity index (χ1n) is 8.14. The van der Waals surface area contributed by atoms with E-state index in [-0.39, 0.29) is 5.38 Å². The highest BCUT2D eigenvalue weighted by Crippen LogP contribution is 2.24. The number of oxazole rings is 1. The van der Waals surface area contributed by atoms with Crippen molar-refractivity contribution in [3.05, 3.63) is 53.9 Å². The molecule has 1 atom stereocenters. The minimum absolute atomic E-state index is 0.0967. The molecule has 0 saturated carbocycles. The summed E-state index contributed by atoms with van der Waals surface area (Å²) in [6.45, 7) is 2.54. The number of fused-ring (bicyclic) bond motifs is 1. The number of benzene rings is 2. The summed E-state index contributed by atoms with van der Waals surface area (Å²) < 4.78 is 16.8. The van der Waals surface area contributed by atoms with Crippen LogP contribution in [0.5, 0.6) is 11.5 Å². The summed E-state index contributed by atoms with van der Waals surface area (Å²) in [4.78, 5) is 4.45. The van der Waals surface area contributed by atoms with Crippen LogP contribution in [-0.4, -0.2) is 24.1 Å². The molecular weight excluding hydrogens is 338 g/mol. The van der Waals surface area contributed by atoms with Crippen molar-refractivity contribution in [3.8, 4) is 11.5 Å². The van der Waals surface area contributed by atoms with Crippen molar-refractivity contribution in [2.45, 2.75) is 18.7 Å². The zero-order valence-corrected chi connectivity index (χ0v) is 15.0. The van der Waals surface area contributed by atoms with Crippen molar-refractivity contribution in [2.24, 2.45) is 0 Å². The van der Waals surface area contributed by atoms with Crippen molar-refractivity contribution < 1.29 is 13.9 Å². The zero-order chi connectivity index (χ0) is 17.6. The summed E-state index contributed by atoms with van der Waals surface area (Å²) >= 11 is 5.96. The van der Waals surface area contributed by atoms with E-state index in [0.29, 0.717) is 18.1 Å². The number of aromatic nitrogens is 1. The monoisotopic (exact) mass is 357 g/mol. The molecule has 0 aliphatic heterocycles. The number of ether oxygens (including phenoxy) is 2. The third-order valence-corrected chi connectivity index (χ3v) is 3.93. The molecule has 3 aromatic rings. The van der Waals surface area contributed by atoms with Crippen LogP contribution in [0.25, 0.3) is 23.3 Å². The molecular formula is C20H20ClNO3. The lowest BCUT2D eigenvalue weighted by Crippen LogP contribution is -2.03. The minimum atomic E-state index is 0.0967. The van der Waals surface area contributed by atoms with Crippen molar-refractivity contribution in [3.63, 3.8) is 0 Å². The molecule has 2 aromatic carbocycles. The first kappa shape index (κ1) is 17.4. The number of methoxy groups -OCH3 is 1. The summed E-state index contributed by atoms with van der Waals surface area (Å²) in [5.41, 5.74) is 2.45. The molecule has 0 amide bonds. The molecule has 0 N–H and O–H groups in total. The van der Waals surface area contributed by atoms with Crippen molar-refractivity contribution in [1.29, 1.82) is 0 Å². The van der Waals surface area contributed by atoms with E-state index in [2.05, 4.69) is 4.98 Å². The summed E-state index contributed by atoms with van der Waals surface area (Å²) in [5.74, 6) is 2.09. The van der Waals surface area contributed by atoms with Gasteiger partial charge in [-0.25, -0.2) is 4.98 Å². The SMILES string of the molecule is COc1ccc2nc(C=Cc3ccccc3OCCC(C)Cl)oc2c1. The van der Waals surface area contributed by atoms with Crippen LogP contribution in [0.4, 0.5) is 0 Å². The standard InChI is InChI=1S/C20H20ClNO3/c1-14(21)11-12-24-18-6-4-3-5-15(18)7-10-20-22-17-9-8-16(23-2)13-19(17)25-20/h3-10,13-14H,11-12H2,1-2H3. The van der Waals surface area contributed by atoms with Crippen LogP contribution in [0.15, 0.2) is 46.9 Å². The highest BCUT2D eigenvalue weighted by molar-refractivity contribution is 6.20. The Kier molecular flexibility index (Phi) is 5.61. The van der Waals surface area contributed by atoms with Crippen LogP contribution >= 0.6 is 11.6 Å². The Balaban J connectivity index is 1.77. The van der Waals surface area contributed by atoms with Gasteiger partial charge in [0.2, 0.25) is 5.89 Å². The van der Waals surface area contributed by atoms with Crippen molar-refractivity contribution in [2.75, 3.05) is 13.7 Å². The average molecular weight is 358 g/mol. The fourth-order valence-electron chi connectivity index (χ4n) is 2.36. The molecule has 0 radical (unpaired) electrons. The molecule has 1 aromatic heterocycles. The number of hydrogen-bond donors (Lipinski definition) is 0. The molecule has 1 unspecified atom stereocenters. The van der Waals surface area contributed by atoms with E-state index in [0.717, 1.165) is 29.0 Å². The third kappa shape index (κ3) is 4.54. The lowest BCUT2D eigenvalue weighted by Gasteiger charge is -2.09. The molecule has 0 spiro atoms. The van der Waals surface area contributed by atoms with E-state index < -0.39 is 0 Å². The molecule has 5 heteroatoms. The molecule has 0 aliphatic rings. The van der Waals surface area contributed by atoms with E-state index in [1.165, 1.54) is 0 Å². The van der Waals surface area contributed by atoms with Crippen LogP contribution in [0.3, 0.4) is 0 Å². The Morgan fingerprint density at radius 1 is 1.20 bits per heavy atom. The van der Waals surface area contributed by atoms with Gasteiger partial charge >= 0.3 is 0 Å². The van der Waals surface area contributed by atoms with Crippen molar-refractivity contribution >= 4 is 34.9 Å². The Hall–Kier alpha value is -2.46. The Morgan fingerprint density at radius 3 is 2.84 bits per heavy atom. The topological polar surface area (TPSA) is 44.5 Å². The normalized spacial score (nSPS) is 12.6. The van der Waals surface area contributed by atoms with Gasteiger partial charge in [-0.15, -0.1) is 11.6 Å². The summed E-state index contributed by atoms with van der Waals surface area (Å²) in [6.07, 6.45) is 4.56. The van der Waals surface area contributed by atoms with Gasteiger partial charge in [-0.2, -0.15) is 0 Å². The summed E-state index contributed by atoms with van der Waals surface area (Å²) in [7, 11) is 1.63. The van der Waals surface area contributed by atoms with Gasteiger partial charge in [0.25, 0.3) is 0 Å². The van der Waals surface area contributed by atoms with Gasteiger partial charge in [0.15, 0.2) is 5.58 Å². The first-order chi connectivity index (χ1) is 12.2. The largest absolute Gasteiger partial charge is 0.497 e. The molecule has 0 fully saturated rings. The second kappa shape index (κ2) is 8.08. The summed E-state index contributed by atoms with van der Waals surface area (Å²) in [5, 5.41) is 0.0967. The maximum Gasteiger partial charge on any atom is 0.220 e. The van der Waals surface area contributed by atoms with E-state index in [1.807, 2.05) is 61.5 Å². The lowest BCUT2D eigenvalue weighted by atomic mass is 10.2. The van der Waals surface area contributed by atoms with Gasteiger partial charge in [-0.1, -0.05) is 18.2 Å². The molecule has 0 bridgehead atoms. The van der Waals surface area contributed by atoms with Crippen LogP contribution < -0.4 is 9.47 Å². The van der Waals surface area contributed by atoms with Crippen LogP contribution in [0, 0.1) is 0 Å². The maximum atomic E-state index is 5.96. The molecule has 4 nitrogen and oxygen atoms in total. The third-order valence-electron chi connectivity index (χ3n) is 3.71. The molecule has 0 aliphatic carbocycles. The Labute approximate surface area is 152 Å².